The van der Waals surface area contributed by atoms with Crippen molar-refractivity contribution < 1.29 is 9.53 Å². The average Bonchev–Trinajstić information content (AvgIpc) is 2.54. The number of rotatable bonds is 2. The molecule has 1 aliphatic heterocycles. The largest absolute Gasteiger partial charge is 0.378 e. The number of aromatic nitrogens is 1. The molecule has 0 aliphatic carbocycles. The molecule has 0 saturated carbocycles. The highest BCUT2D eigenvalue weighted by Crippen LogP contribution is 2.31. The molecule has 1 saturated heterocycles. The first-order valence-electron chi connectivity index (χ1n) is 7.71. The smallest absolute Gasteiger partial charge is 0.162 e. The lowest BCUT2D eigenvalue weighted by Gasteiger charge is -2.29. The van der Waals surface area contributed by atoms with Gasteiger partial charge in [-0.1, -0.05) is 0 Å². The van der Waals surface area contributed by atoms with Crippen molar-refractivity contribution in [1.29, 1.82) is 5.26 Å². The van der Waals surface area contributed by atoms with Gasteiger partial charge in [-0.25, -0.2) is 4.98 Å². The van der Waals surface area contributed by atoms with E-state index in [-0.39, 0.29) is 5.78 Å². The molecular formula is C18H19N3O2. The van der Waals surface area contributed by atoms with Gasteiger partial charge in [0.25, 0.3) is 0 Å². The number of carbonyl (C=O) groups is 1. The first kappa shape index (κ1) is 15.4. The summed E-state index contributed by atoms with van der Waals surface area (Å²) in [5.74, 6) is 0.746. The van der Waals surface area contributed by atoms with E-state index in [1.165, 1.54) is 6.92 Å². The van der Waals surface area contributed by atoms with Crippen LogP contribution in [0.15, 0.2) is 12.1 Å². The molecule has 0 spiro atoms. The molecule has 1 aliphatic rings. The Morgan fingerprint density at radius 2 is 2.00 bits per heavy atom. The number of morpholine rings is 1. The molecule has 3 rings (SSSR count). The fourth-order valence-electron chi connectivity index (χ4n) is 3.09. The Hall–Kier alpha value is -2.45. The molecule has 2 heterocycles. The zero-order valence-corrected chi connectivity index (χ0v) is 13.6. The molecule has 5 nitrogen and oxygen atoms in total. The van der Waals surface area contributed by atoms with Crippen LogP contribution in [-0.2, 0) is 4.74 Å². The maximum Gasteiger partial charge on any atom is 0.162 e. The molecule has 1 aromatic heterocycles. The first-order chi connectivity index (χ1) is 11.0. The Kier molecular flexibility index (Phi) is 4.01. The second-order valence-electron chi connectivity index (χ2n) is 5.91. The van der Waals surface area contributed by atoms with Crippen LogP contribution in [0, 0.1) is 25.2 Å². The molecular weight excluding hydrogens is 290 g/mol. The molecule has 0 N–H and O–H groups in total. The second-order valence-corrected chi connectivity index (χ2v) is 5.91. The van der Waals surface area contributed by atoms with Gasteiger partial charge in [-0.2, -0.15) is 5.26 Å². The Balaban J connectivity index is 2.33. The van der Waals surface area contributed by atoms with Crippen molar-refractivity contribution in [3.05, 3.63) is 34.4 Å². The van der Waals surface area contributed by atoms with Gasteiger partial charge in [0.05, 0.1) is 24.3 Å². The maximum absolute atomic E-state index is 12.0. The average molecular weight is 309 g/mol. The highest BCUT2D eigenvalue weighted by Gasteiger charge is 2.21. The van der Waals surface area contributed by atoms with Crippen molar-refractivity contribution in [2.75, 3.05) is 31.2 Å². The topological polar surface area (TPSA) is 66.2 Å². The quantitative estimate of drug-likeness (QED) is 0.798. The summed E-state index contributed by atoms with van der Waals surface area (Å²) < 4.78 is 5.39. The number of fused-ring (bicyclic) bond motifs is 1. The number of nitriles is 1. The van der Waals surface area contributed by atoms with Gasteiger partial charge in [0, 0.05) is 29.6 Å². The molecule has 0 amide bonds. The zero-order valence-electron chi connectivity index (χ0n) is 13.6. The van der Waals surface area contributed by atoms with Crippen LogP contribution in [0.4, 0.5) is 5.82 Å². The van der Waals surface area contributed by atoms with Gasteiger partial charge in [0.1, 0.15) is 11.9 Å². The molecule has 23 heavy (non-hydrogen) atoms. The van der Waals surface area contributed by atoms with Gasteiger partial charge < -0.3 is 9.64 Å². The van der Waals surface area contributed by atoms with Crippen LogP contribution in [0.25, 0.3) is 10.9 Å². The van der Waals surface area contributed by atoms with E-state index >= 15 is 0 Å². The number of pyridine rings is 1. The number of nitrogens with zero attached hydrogens (tertiary/aromatic N) is 3. The van der Waals surface area contributed by atoms with Crippen molar-refractivity contribution in [2.45, 2.75) is 20.8 Å². The molecule has 0 bridgehead atoms. The number of hydrogen-bond donors (Lipinski definition) is 0. The lowest BCUT2D eigenvalue weighted by atomic mass is 9.97. The minimum absolute atomic E-state index is 0.0353. The summed E-state index contributed by atoms with van der Waals surface area (Å²) >= 11 is 0. The van der Waals surface area contributed by atoms with E-state index in [0.717, 1.165) is 35.4 Å². The summed E-state index contributed by atoms with van der Waals surface area (Å²) in [6, 6.07) is 6.08. The number of Topliss-reactive ketones (excluding diaryl/α,β-unsaturated/α-hetero) is 1. The lowest BCUT2D eigenvalue weighted by Crippen LogP contribution is -2.37. The van der Waals surface area contributed by atoms with Crippen molar-refractivity contribution >= 4 is 22.5 Å². The van der Waals surface area contributed by atoms with Crippen LogP contribution < -0.4 is 4.90 Å². The highest BCUT2D eigenvalue weighted by atomic mass is 16.5. The summed E-state index contributed by atoms with van der Waals surface area (Å²) in [7, 11) is 0. The van der Waals surface area contributed by atoms with E-state index in [9.17, 15) is 10.1 Å². The van der Waals surface area contributed by atoms with Gasteiger partial charge in [-0.05, 0) is 38.5 Å². The number of anilines is 1. The summed E-state index contributed by atoms with van der Waals surface area (Å²) in [5.41, 5.74) is 3.61. The van der Waals surface area contributed by atoms with Gasteiger partial charge in [-0.15, -0.1) is 0 Å². The third kappa shape index (κ3) is 2.66. The third-order valence-corrected chi connectivity index (χ3v) is 4.25. The minimum atomic E-state index is -0.0353. The number of carbonyl (C=O) groups excluding carboxylic acids is 1. The Labute approximate surface area is 135 Å². The third-order valence-electron chi connectivity index (χ3n) is 4.25. The normalized spacial score (nSPS) is 14.8. The van der Waals surface area contributed by atoms with Gasteiger partial charge in [0.15, 0.2) is 5.78 Å². The fourth-order valence-corrected chi connectivity index (χ4v) is 3.09. The standard InChI is InChI=1S/C18H19N3O2/c1-11-8-14(13(3)22)17-15(9-11)16(10-19)12(2)18(20-17)21-4-6-23-7-5-21/h8-9H,4-7H2,1-3H3. The van der Waals surface area contributed by atoms with Crippen molar-refractivity contribution in [3.63, 3.8) is 0 Å². The van der Waals surface area contributed by atoms with Crippen molar-refractivity contribution in [2.24, 2.45) is 0 Å². The predicted molar refractivity (Wildman–Crippen MR) is 89.0 cm³/mol. The highest BCUT2D eigenvalue weighted by molar-refractivity contribution is 6.07. The minimum Gasteiger partial charge on any atom is -0.378 e. The summed E-state index contributed by atoms with van der Waals surface area (Å²) in [6.07, 6.45) is 0. The van der Waals surface area contributed by atoms with E-state index in [0.29, 0.717) is 29.9 Å². The Morgan fingerprint density at radius 3 is 2.61 bits per heavy atom. The molecule has 0 radical (unpaired) electrons. The van der Waals surface area contributed by atoms with Crippen LogP contribution in [0.1, 0.15) is 34.0 Å². The molecule has 1 aromatic carbocycles. The van der Waals surface area contributed by atoms with E-state index < -0.39 is 0 Å². The van der Waals surface area contributed by atoms with Crippen molar-refractivity contribution in [3.8, 4) is 6.07 Å². The predicted octanol–water partition coefficient (Wildman–Crippen LogP) is 2.76. The molecule has 0 atom stereocenters. The Morgan fingerprint density at radius 1 is 1.30 bits per heavy atom. The van der Waals surface area contributed by atoms with Gasteiger partial charge >= 0.3 is 0 Å². The molecule has 0 unspecified atom stereocenters. The Bertz CT molecular complexity index is 831. The zero-order chi connectivity index (χ0) is 16.6. The SMILES string of the molecule is CC(=O)c1cc(C)cc2c(C#N)c(C)c(N3CCOCC3)nc12. The molecule has 1 fully saturated rings. The summed E-state index contributed by atoms with van der Waals surface area (Å²) in [5, 5.41) is 10.4. The number of benzene rings is 1. The van der Waals surface area contributed by atoms with Crippen LogP contribution in [0.3, 0.4) is 0 Å². The second kappa shape index (κ2) is 5.98. The van der Waals surface area contributed by atoms with Gasteiger partial charge in [-0.3, -0.25) is 4.79 Å². The molecule has 118 valence electrons. The van der Waals surface area contributed by atoms with E-state index in [1.54, 1.807) is 0 Å². The summed E-state index contributed by atoms with van der Waals surface area (Å²) in [4.78, 5) is 18.9. The van der Waals surface area contributed by atoms with E-state index in [2.05, 4.69) is 11.0 Å². The van der Waals surface area contributed by atoms with Crippen LogP contribution in [-0.4, -0.2) is 37.1 Å². The summed E-state index contributed by atoms with van der Waals surface area (Å²) in [6.45, 7) is 8.17. The number of hydrogen-bond acceptors (Lipinski definition) is 5. The number of aryl methyl sites for hydroxylation is 1. The van der Waals surface area contributed by atoms with Crippen LogP contribution >= 0.6 is 0 Å². The number of ether oxygens (including phenoxy) is 1. The van der Waals surface area contributed by atoms with E-state index in [1.807, 2.05) is 26.0 Å². The monoisotopic (exact) mass is 309 g/mol. The van der Waals surface area contributed by atoms with Crippen LogP contribution in [0.2, 0.25) is 0 Å². The molecule has 5 heteroatoms. The molecule has 2 aromatic rings. The van der Waals surface area contributed by atoms with Gasteiger partial charge in [0.2, 0.25) is 0 Å². The first-order valence-corrected chi connectivity index (χ1v) is 7.71. The maximum atomic E-state index is 12.0. The fraction of sp³-hybridized carbons (Fsp3) is 0.389. The van der Waals surface area contributed by atoms with Crippen LogP contribution in [0.5, 0.6) is 0 Å². The van der Waals surface area contributed by atoms with Crippen molar-refractivity contribution in [1.82, 2.24) is 4.98 Å². The lowest BCUT2D eigenvalue weighted by molar-refractivity contribution is 0.101. The van der Waals surface area contributed by atoms with E-state index in [4.69, 9.17) is 9.72 Å². The number of ketones is 1.